The average Bonchev–Trinajstić information content (AvgIpc) is 2.77. The molecular weight excluding hydrogens is 389 g/mol. The summed E-state index contributed by atoms with van der Waals surface area (Å²) < 4.78 is 23.6. The maximum atomic E-state index is 11.8. The predicted molar refractivity (Wildman–Crippen MR) is 104 cm³/mol. The van der Waals surface area contributed by atoms with Crippen LogP contribution >= 0.6 is 35.4 Å². The lowest BCUT2D eigenvalue weighted by Gasteiger charge is -2.31. The molecule has 0 spiro atoms. The molecule has 1 aromatic rings. The number of sulfone groups is 1. The van der Waals surface area contributed by atoms with Gasteiger partial charge in [-0.3, -0.25) is 0 Å². The largest absolute Gasteiger partial charge is 0.339 e. The van der Waals surface area contributed by atoms with E-state index in [1.54, 1.807) is 18.2 Å². The molecule has 1 aliphatic heterocycles. The highest BCUT2D eigenvalue weighted by atomic mass is 35.5. The van der Waals surface area contributed by atoms with Crippen LogP contribution in [-0.2, 0) is 9.84 Å². The molecule has 0 radical (unpaired) electrons. The maximum Gasteiger partial charge on any atom is 0.173 e. The number of anilines is 1. The van der Waals surface area contributed by atoms with Crippen molar-refractivity contribution >= 4 is 56.1 Å². The van der Waals surface area contributed by atoms with Crippen LogP contribution in [0.3, 0.4) is 0 Å². The summed E-state index contributed by atoms with van der Waals surface area (Å²) >= 11 is 17.6. The number of hydrogen-bond donors (Lipinski definition) is 2. The first-order chi connectivity index (χ1) is 11.2. The number of nitrogens with zero attached hydrogens (tertiary/aromatic N) is 1. The summed E-state index contributed by atoms with van der Waals surface area (Å²) in [5.41, 5.74) is 0.695. The van der Waals surface area contributed by atoms with Crippen molar-refractivity contribution in [3.63, 3.8) is 0 Å². The van der Waals surface area contributed by atoms with Crippen molar-refractivity contribution in [1.82, 2.24) is 4.90 Å². The maximum absolute atomic E-state index is 11.8. The highest BCUT2D eigenvalue weighted by Crippen LogP contribution is 2.24. The number of quaternary nitrogens is 1. The Kier molecular flexibility index (Phi) is 6.73. The van der Waals surface area contributed by atoms with E-state index in [2.05, 4.69) is 19.4 Å². The van der Waals surface area contributed by atoms with E-state index in [1.807, 2.05) is 4.90 Å². The third-order valence-electron chi connectivity index (χ3n) is 3.88. The standard InChI is InChI=1S/C15H21Cl2N3O2S2/c1-19(2)4-5-20(14-3-6-24(21,22)10-14)15(23)18-13-8-11(16)7-12(17)9-13/h7-9,14H,3-6,10H2,1-2H3,(H,18,23)/p+1/t14-/m1/s1. The molecular formula is C15H22Cl2N3O2S2+. The van der Waals surface area contributed by atoms with Gasteiger partial charge in [0.25, 0.3) is 0 Å². The van der Waals surface area contributed by atoms with Crippen LogP contribution in [0, 0.1) is 0 Å². The number of thiocarbonyl (C=S) groups is 1. The van der Waals surface area contributed by atoms with Crippen LogP contribution in [0.5, 0.6) is 0 Å². The molecule has 1 atom stereocenters. The quantitative estimate of drug-likeness (QED) is 0.716. The second-order valence-corrected chi connectivity index (χ2v) is 9.78. The molecule has 0 saturated carbocycles. The number of benzene rings is 1. The van der Waals surface area contributed by atoms with Gasteiger partial charge in [-0.05, 0) is 36.8 Å². The van der Waals surface area contributed by atoms with Gasteiger partial charge in [0.2, 0.25) is 0 Å². The van der Waals surface area contributed by atoms with Gasteiger partial charge in [-0.1, -0.05) is 23.2 Å². The van der Waals surface area contributed by atoms with E-state index in [0.29, 0.717) is 33.8 Å². The third-order valence-corrected chi connectivity index (χ3v) is 6.40. The molecule has 5 nitrogen and oxygen atoms in total. The minimum atomic E-state index is -2.98. The Morgan fingerprint density at radius 1 is 1.33 bits per heavy atom. The monoisotopic (exact) mass is 410 g/mol. The molecule has 1 aliphatic rings. The first-order valence-corrected chi connectivity index (χ1v) is 10.7. The second-order valence-electron chi connectivity index (χ2n) is 6.30. The molecule has 1 fully saturated rings. The van der Waals surface area contributed by atoms with Crippen molar-refractivity contribution in [2.45, 2.75) is 12.5 Å². The van der Waals surface area contributed by atoms with Crippen molar-refractivity contribution in [3.8, 4) is 0 Å². The van der Waals surface area contributed by atoms with Gasteiger partial charge < -0.3 is 15.1 Å². The van der Waals surface area contributed by atoms with Crippen molar-refractivity contribution in [2.24, 2.45) is 0 Å². The average molecular weight is 411 g/mol. The zero-order valence-corrected chi connectivity index (χ0v) is 16.8. The molecule has 24 heavy (non-hydrogen) atoms. The molecule has 0 aromatic heterocycles. The van der Waals surface area contributed by atoms with Gasteiger partial charge in [0.1, 0.15) is 0 Å². The van der Waals surface area contributed by atoms with Crippen LogP contribution in [0.2, 0.25) is 10.0 Å². The van der Waals surface area contributed by atoms with Crippen molar-refractivity contribution in [1.29, 1.82) is 0 Å². The van der Waals surface area contributed by atoms with Crippen LogP contribution < -0.4 is 10.2 Å². The fourth-order valence-corrected chi connectivity index (χ4v) is 5.25. The van der Waals surface area contributed by atoms with Crippen molar-refractivity contribution in [3.05, 3.63) is 28.2 Å². The fraction of sp³-hybridized carbons (Fsp3) is 0.533. The number of halogens is 2. The molecule has 134 valence electrons. The Bertz CT molecular complexity index is 690. The molecule has 1 saturated heterocycles. The van der Waals surface area contributed by atoms with Crippen molar-refractivity contribution in [2.75, 3.05) is 44.0 Å². The molecule has 0 aliphatic carbocycles. The van der Waals surface area contributed by atoms with E-state index < -0.39 is 9.84 Å². The number of hydrogen-bond acceptors (Lipinski definition) is 3. The normalized spacial score (nSPS) is 19.5. The zero-order chi connectivity index (χ0) is 17.9. The van der Waals surface area contributed by atoms with Crippen LogP contribution in [-0.4, -0.2) is 63.2 Å². The smallest absolute Gasteiger partial charge is 0.173 e. The summed E-state index contributed by atoms with van der Waals surface area (Å²) in [6.45, 7) is 1.54. The van der Waals surface area contributed by atoms with Crippen molar-refractivity contribution < 1.29 is 13.3 Å². The van der Waals surface area contributed by atoms with E-state index >= 15 is 0 Å². The molecule has 9 heteroatoms. The summed E-state index contributed by atoms with van der Waals surface area (Å²) in [6, 6.07) is 5.03. The van der Waals surface area contributed by atoms with E-state index in [-0.39, 0.29) is 17.5 Å². The third kappa shape index (κ3) is 5.74. The number of rotatable bonds is 5. The Labute approximate surface area is 158 Å². The summed E-state index contributed by atoms with van der Waals surface area (Å²) in [6.07, 6.45) is 0.600. The summed E-state index contributed by atoms with van der Waals surface area (Å²) in [7, 11) is 1.13. The Balaban J connectivity index is 2.14. The minimum absolute atomic E-state index is 0.0935. The molecule has 2 rings (SSSR count). The highest BCUT2D eigenvalue weighted by molar-refractivity contribution is 7.91. The van der Waals surface area contributed by atoms with Gasteiger partial charge >= 0.3 is 0 Å². The first kappa shape index (κ1) is 19.7. The Hall–Kier alpha value is -0.600. The summed E-state index contributed by atoms with van der Waals surface area (Å²) in [5, 5.41) is 4.66. The number of likely N-dealkylation sites (N-methyl/N-ethyl adjacent to an activating group) is 1. The predicted octanol–water partition coefficient (Wildman–Crippen LogP) is 1.32. The van der Waals surface area contributed by atoms with E-state index in [0.717, 1.165) is 6.54 Å². The molecule has 1 aromatic carbocycles. The Morgan fingerprint density at radius 2 is 1.96 bits per heavy atom. The summed E-state index contributed by atoms with van der Waals surface area (Å²) in [4.78, 5) is 3.25. The van der Waals surface area contributed by atoms with Gasteiger partial charge in [0.05, 0.1) is 38.7 Å². The van der Waals surface area contributed by atoms with Gasteiger partial charge in [0.15, 0.2) is 14.9 Å². The topological polar surface area (TPSA) is 53.9 Å². The van der Waals surface area contributed by atoms with Gasteiger partial charge in [-0.15, -0.1) is 0 Å². The molecule has 2 N–H and O–H groups in total. The van der Waals surface area contributed by atoms with Crippen LogP contribution in [0.15, 0.2) is 18.2 Å². The second kappa shape index (κ2) is 8.19. The van der Waals surface area contributed by atoms with E-state index in [4.69, 9.17) is 35.4 Å². The van der Waals surface area contributed by atoms with E-state index in [9.17, 15) is 8.42 Å². The van der Waals surface area contributed by atoms with Crippen LogP contribution in [0.25, 0.3) is 0 Å². The lowest BCUT2D eigenvalue weighted by atomic mass is 10.2. The molecule has 0 amide bonds. The lowest BCUT2D eigenvalue weighted by molar-refractivity contribution is -0.857. The van der Waals surface area contributed by atoms with Gasteiger partial charge in [-0.2, -0.15) is 0 Å². The first-order valence-electron chi connectivity index (χ1n) is 7.69. The molecule has 0 bridgehead atoms. The number of nitrogens with one attached hydrogen (secondary N) is 2. The van der Waals surface area contributed by atoms with Crippen LogP contribution in [0.4, 0.5) is 5.69 Å². The Morgan fingerprint density at radius 3 is 2.46 bits per heavy atom. The molecule has 1 heterocycles. The van der Waals surface area contributed by atoms with Gasteiger partial charge in [0, 0.05) is 21.8 Å². The SMILES string of the molecule is C[NH+](C)CCN(C(=S)Nc1cc(Cl)cc(Cl)c1)[C@@H]1CCS(=O)(=O)C1. The molecule has 0 unspecified atom stereocenters. The van der Waals surface area contributed by atoms with Crippen LogP contribution in [0.1, 0.15) is 6.42 Å². The lowest BCUT2D eigenvalue weighted by Crippen LogP contribution is -3.06. The zero-order valence-electron chi connectivity index (χ0n) is 13.7. The minimum Gasteiger partial charge on any atom is -0.339 e. The van der Waals surface area contributed by atoms with Gasteiger partial charge in [-0.25, -0.2) is 8.42 Å². The summed E-state index contributed by atoms with van der Waals surface area (Å²) in [5.74, 6) is 0.364. The fourth-order valence-electron chi connectivity index (χ4n) is 2.64. The highest BCUT2D eigenvalue weighted by Gasteiger charge is 2.33. The van der Waals surface area contributed by atoms with E-state index in [1.165, 1.54) is 4.90 Å².